The van der Waals surface area contributed by atoms with Crippen molar-refractivity contribution in [2.24, 2.45) is 0 Å². The molecule has 1 spiro atoms. The lowest BCUT2D eigenvalue weighted by Crippen LogP contribution is -2.62. The zero-order chi connectivity index (χ0) is 20.8. The molecule has 2 amide bonds. The molecular weight excluding hydrogens is 407 g/mol. The number of hydrogen-bond acceptors (Lipinski definition) is 2. The third-order valence-corrected chi connectivity index (χ3v) is 6.45. The van der Waals surface area contributed by atoms with Crippen molar-refractivity contribution in [3.05, 3.63) is 75.8 Å². The molecule has 1 saturated heterocycles. The Morgan fingerprint density at radius 2 is 1.93 bits per heavy atom. The topological polar surface area (TPSA) is 58.2 Å². The second-order valence-corrected chi connectivity index (χ2v) is 8.61. The number of rotatable bonds is 4. The number of halogens is 2. The van der Waals surface area contributed by atoms with Crippen LogP contribution in [0.2, 0.25) is 10.0 Å². The highest BCUT2D eigenvalue weighted by Crippen LogP contribution is 2.54. The van der Waals surface area contributed by atoms with Gasteiger partial charge in [0.05, 0.1) is 6.04 Å². The summed E-state index contributed by atoms with van der Waals surface area (Å²) in [6, 6.07) is 12.3. The third kappa shape index (κ3) is 3.15. The van der Waals surface area contributed by atoms with Crippen molar-refractivity contribution in [2.45, 2.75) is 43.6 Å². The van der Waals surface area contributed by atoms with Gasteiger partial charge in [0, 0.05) is 28.1 Å². The lowest BCUT2D eigenvalue weighted by molar-refractivity contribution is -0.130. The summed E-state index contributed by atoms with van der Waals surface area (Å²) in [5.41, 5.74) is 2.20. The summed E-state index contributed by atoms with van der Waals surface area (Å²) in [4.78, 5) is 26.4. The number of amides is 2. The van der Waals surface area contributed by atoms with Crippen LogP contribution in [0.3, 0.4) is 0 Å². The molecule has 0 aliphatic carbocycles. The number of fused-ring (bicyclic) bond motifs is 2. The molecule has 4 rings (SSSR count). The van der Waals surface area contributed by atoms with Crippen molar-refractivity contribution < 1.29 is 9.59 Å². The fourth-order valence-electron chi connectivity index (χ4n) is 4.84. The van der Waals surface area contributed by atoms with Crippen LogP contribution in [0.25, 0.3) is 0 Å². The summed E-state index contributed by atoms with van der Waals surface area (Å²) in [7, 11) is 0. The van der Waals surface area contributed by atoms with Crippen LogP contribution >= 0.6 is 23.2 Å². The predicted octanol–water partition coefficient (Wildman–Crippen LogP) is 5.21. The van der Waals surface area contributed by atoms with Gasteiger partial charge in [0.15, 0.2) is 0 Å². The van der Waals surface area contributed by atoms with Gasteiger partial charge in [-0.05, 0) is 41.8 Å². The quantitative estimate of drug-likeness (QED) is 0.656. The molecule has 0 bridgehead atoms. The van der Waals surface area contributed by atoms with E-state index in [1.165, 1.54) is 0 Å². The van der Waals surface area contributed by atoms with Crippen LogP contribution in [0.1, 0.15) is 43.2 Å². The summed E-state index contributed by atoms with van der Waals surface area (Å²) in [6.45, 7) is 6.30. The first-order valence-corrected chi connectivity index (χ1v) is 10.5. The van der Waals surface area contributed by atoms with E-state index < -0.39 is 11.5 Å². The SMILES string of the molecule is C=C(CCC)[C@@H]1NC(=O)C[C@H](c2cccc(Cl)c2)[C@@]12C(=O)Nc1cc(Cl)ccc12. The molecule has 29 heavy (non-hydrogen) atoms. The standard InChI is InChI=1S/C23H22Cl2N2O2/c1-3-5-13(2)21-23(17-9-8-16(25)11-19(17)26-22(23)29)18(12-20(28)27-21)14-6-4-7-15(24)10-14/h4,6-11,18,21H,2-3,5,12H2,1H3,(H,26,29)(H,27,28)/t18-,21+,23-/m1/s1. The first kappa shape index (κ1) is 20.0. The Morgan fingerprint density at radius 1 is 1.17 bits per heavy atom. The van der Waals surface area contributed by atoms with Crippen LogP contribution in [0.15, 0.2) is 54.6 Å². The molecule has 2 aliphatic rings. The molecule has 0 radical (unpaired) electrons. The molecule has 4 nitrogen and oxygen atoms in total. The van der Waals surface area contributed by atoms with Gasteiger partial charge in [0.2, 0.25) is 11.8 Å². The Bertz CT molecular complexity index is 1020. The van der Waals surface area contributed by atoms with Gasteiger partial charge in [0.25, 0.3) is 0 Å². The van der Waals surface area contributed by atoms with Crippen LogP contribution in [0.5, 0.6) is 0 Å². The molecule has 2 aliphatic heterocycles. The van der Waals surface area contributed by atoms with E-state index in [-0.39, 0.29) is 24.2 Å². The number of carbonyl (C=O) groups excluding carboxylic acids is 2. The maximum absolute atomic E-state index is 13.6. The molecule has 2 aromatic carbocycles. The van der Waals surface area contributed by atoms with Gasteiger partial charge in [0.1, 0.15) is 5.41 Å². The van der Waals surface area contributed by atoms with Crippen LogP contribution in [-0.2, 0) is 15.0 Å². The van der Waals surface area contributed by atoms with E-state index in [4.69, 9.17) is 23.2 Å². The molecule has 2 N–H and O–H groups in total. The van der Waals surface area contributed by atoms with E-state index in [1.807, 2.05) is 24.3 Å². The van der Waals surface area contributed by atoms with Gasteiger partial charge < -0.3 is 10.6 Å². The Labute approximate surface area is 180 Å². The molecule has 150 valence electrons. The summed E-state index contributed by atoms with van der Waals surface area (Å²) in [5, 5.41) is 7.19. The summed E-state index contributed by atoms with van der Waals surface area (Å²) in [6.07, 6.45) is 1.77. The molecule has 2 heterocycles. The number of hydrogen-bond donors (Lipinski definition) is 2. The zero-order valence-electron chi connectivity index (χ0n) is 16.1. The Balaban J connectivity index is 1.98. The van der Waals surface area contributed by atoms with E-state index >= 15 is 0 Å². The zero-order valence-corrected chi connectivity index (χ0v) is 17.6. The van der Waals surface area contributed by atoms with E-state index in [9.17, 15) is 9.59 Å². The van der Waals surface area contributed by atoms with Gasteiger partial charge in [-0.15, -0.1) is 0 Å². The van der Waals surface area contributed by atoms with Gasteiger partial charge in [-0.25, -0.2) is 0 Å². The minimum atomic E-state index is -1.01. The van der Waals surface area contributed by atoms with Crippen molar-refractivity contribution in [2.75, 3.05) is 5.32 Å². The van der Waals surface area contributed by atoms with Crippen LogP contribution in [-0.4, -0.2) is 17.9 Å². The molecular formula is C23H22Cl2N2O2. The van der Waals surface area contributed by atoms with Gasteiger partial charge >= 0.3 is 0 Å². The predicted molar refractivity (Wildman–Crippen MR) is 117 cm³/mol. The second kappa shape index (κ2) is 7.51. The van der Waals surface area contributed by atoms with Crippen LogP contribution in [0, 0.1) is 0 Å². The average Bonchev–Trinajstić information content (AvgIpc) is 2.95. The maximum atomic E-state index is 13.6. The van der Waals surface area contributed by atoms with Crippen LogP contribution < -0.4 is 10.6 Å². The lowest BCUT2D eigenvalue weighted by atomic mass is 9.59. The molecule has 0 saturated carbocycles. The summed E-state index contributed by atoms with van der Waals surface area (Å²) >= 11 is 12.5. The third-order valence-electron chi connectivity index (χ3n) is 5.98. The number of carbonyl (C=O) groups is 2. The molecule has 0 aromatic heterocycles. The minimum Gasteiger partial charge on any atom is -0.348 e. The number of benzene rings is 2. The van der Waals surface area contributed by atoms with Crippen molar-refractivity contribution in [1.29, 1.82) is 0 Å². The maximum Gasteiger partial charge on any atom is 0.238 e. The Morgan fingerprint density at radius 3 is 2.66 bits per heavy atom. The van der Waals surface area contributed by atoms with E-state index in [2.05, 4.69) is 24.1 Å². The summed E-state index contributed by atoms with van der Waals surface area (Å²) < 4.78 is 0. The summed E-state index contributed by atoms with van der Waals surface area (Å²) in [5.74, 6) is -0.629. The monoisotopic (exact) mass is 428 g/mol. The second-order valence-electron chi connectivity index (χ2n) is 7.73. The average molecular weight is 429 g/mol. The molecule has 6 heteroatoms. The van der Waals surface area contributed by atoms with E-state index in [0.29, 0.717) is 22.2 Å². The van der Waals surface area contributed by atoms with E-state index in [0.717, 1.165) is 23.1 Å². The lowest BCUT2D eigenvalue weighted by Gasteiger charge is -2.47. The minimum absolute atomic E-state index is 0.0990. The van der Waals surface area contributed by atoms with Gasteiger partial charge in [-0.1, -0.05) is 66.9 Å². The molecule has 0 unspecified atom stereocenters. The normalized spacial score (nSPS) is 25.5. The number of anilines is 1. The molecule has 3 atom stereocenters. The smallest absolute Gasteiger partial charge is 0.238 e. The highest BCUT2D eigenvalue weighted by atomic mass is 35.5. The van der Waals surface area contributed by atoms with Crippen molar-refractivity contribution in [3.8, 4) is 0 Å². The molecule has 2 aromatic rings. The van der Waals surface area contributed by atoms with E-state index in [1.54, 1.807) is 18.2 Å². The number of piperidine rings is 1. The first-order chi connectivity index (χ1) is 13.9. The van der Waals surface area contributed by atoms with Crippen molar-refractivity contribution in [3.63, 3.8) is 0 Å². The molecule has 1 fully saturated rings. The Hall–Kier alpha value is -2.30. The van der Waals surface area contributed by atoms with Gasteiger partial charge in [-0.2, -0.15) is 0 Å². The fraction of sp³-hybridized carbons (Fsp3) is 0.304. The van der Waals surface area contributed by atoms with Gasteiger partial charge in [-0.3, -0.25) is 9.59 Å². The Kier molecular flexibility index (Phi) is 5.18. The van der Waals surface area contributed by atoms with Crippen molar-refractivity contribution >= 4 is 40.7 Å². The van der Waals surface area contributed by atoms with Crippen LogP contribution in [0.4, 0.5) is 5.69 Å². The number of nitrogens with one attached hydrogen (secondary N) is 2. The largest absolute Gasteiger partial charge is 0.348 e. The highest BCUT2D eigenvalue weighted by molar-refractivity contribution is 6.31. The first-order valence-electron chi connectivity index (χ1n) is 9.72. The fourth-order valence-corrected chi connectivity index (χ4v) is 5.21. The highest BCUT2D eigenvalue weighted by Gasteiger charge is 2.61. The van der Waals surface area contributed by atoms with Crippen molar-refractivity contribution in [1.82, 2.24) is 5.32 Å².